The van der Waals surface area contributed by atoms with Crippen molar-refractivity contribution >= 4 is 28.0 Å². The molecule has 6 nitrogen and oxygen atoms in total. The van der Waals surface area contributed by atoms with E-state index < -0.39 is 0 Å². The van der Waals surface area contributed by atoms with Gasteiger partial charge in [0.2, 0.25) is 0 Å². The lowest BCUT2D eigenvalue weighted by atomic mass is 10.0. The van der Waals surface area contributed by atoms with Crippen LogP contribution in [0.1, 0.15) is 37.1 Å². The van der Waals surface area contributed by atoms with E-state index >= 15 is 0 Å². The predicted octanol–water partition coefficient (Wildman–Crippen LogP) is 3.93. The Morgan fingerprint density at radius 2 is 1.82 bits per heavy atom. The van der Waals surface area contributed by atoms with Gasteiger partial charge in [0.05, 0.1) is 11.4 Å². The van der Waals surface area contributed by atoms with Gasteiger partial charge in [-0.1, -0.05) is 6.07 Å². The molecule has 170 valence electrons. The first-order valence-electron chi connectivity index (χ1n) is 11.8. The van der Waals surface area contributed by atoms with Crippen molar-refractivity contribution in [2.75, 3.05) is 32.7 Å². The molecule has 0 amide bonds. The minimum absolute atomic E-state index is 0.123. The molecular weight excluding hydrogens is 410 g/mol. The maximum Gasteiger partial charge on any atom is 0.166 e. The van der Waals surface area contributed by atoms with Crippen molar-refractivity contribution in [3.63, 3.8) is 0 Å². The van der Waals surface area contributed by atoms with Crippen molar-refractivity contribution < 1.29 is 4.79 Å². The number of nitrogens with zero attached hydrogens (tertiary/aromatic N) is 4. The van der Waals surface area contributed by atoms with E-state index in [9.17, 15) is 4.79 Å². The molecule has 1 N–H and O–H groups in total. The first-order chi connectivity index (χ1) is 16.1. The maximum atomic E-state index is 12.9. The summed E-state index contributed by atoms with van der Waals surface area (Å²) in [6.07, 6.45) is 5.85. The minimum atomic E-state index is 0.123. The Morgan fingerprint density at radius 3 is 2.58 bits per heavy atom. The van der Waals surface area contributed by atoms with E-state index in [1.165, 1.54) is 5.56 Å². The molecule has 1 saturated heterocycles. The smallest absolute Gasteiger partial charge is 0.166 e. The highest BCUT2D eigenvalue weighted by Gasteiger charge is 2.20. The third-order valence-corrected chi connectivity index (χ3v) is 6.70. The van der Waals surface area contributed by atoms with Gasteiger partial charge in [-0.25, -0.2) is 0 Å². The molecule has 0 unspecified atom stereocenters. The largest absolute Gasteiger partial charge is 0.354 e. The fourth-order valence-electron chi connectivity index (χ4n) is 4.72. The Kier molecular flexibility index (Phi) is 6.20. The molecule has 1 aromatic carbocycles. The van der Waals surface area contributed by atoms with Gasteiger partial charge in [-0.2, -0.15) is 0 Å². The molecule has 0 radical (unpaired) electrons. The minimum Gasteiger partial charge on any atom is -0.354 e. The van der Waals surface area contributed by atoms with E-state index in [0.717, 1.165) is 60.6 Å². The number of H-pyrrole nitrogens is 1. The summed E-state index contributed by atoms with van der Waals surface area (Å²) < 4.78 is 0. The zero-order chi connectivity index (χ0) is 22.8. The predicted molar refractivity (Wildman–Crippen MR) is 134 cm³/mol. The van der Waals surface area contributed by atoms with Crippen LogP contribution in [-0.2, 0) is 11.3 Å². The van der Waals surface area contributed by atoms with Crippen molar-refractivity contribution in [2.24, 2.45) is 4.99 Å². The third kappa shape index (κ3) is 4.82. The zero-order valence-corrected chi connectivity index (χ0v) is 19.4. The van der Waals surface area contributed by atoms with Gasteiger partial charge in [-0.05, 0) is 55.8 Å². The summed E-state index contributed by atoms with van der Waals surface area (Å²) in [4.78, 5) is 30.2. The van der Waals surface area contributed by atoms with Crippen LogP contribution in [0.2, 0.25) is 0 Å². The summed E-state index contributed by atoms with van der Waals surface area (Å²) in [5, 5.41) is 1.14. The maximum absolute atomic E-state index is 12.9. The molecule has 5 rings (SSSR count). The number of piperazine rings is 1. The van der Waals surface area contributed by atoms with Crippen molar-refractivity contribution in [2.45, 2.75) is 32.9 Å². The highest BCUT2D eigenvalue weighted by molar-refractivity contribution is 6.28. The fourth-order valence-corrected chi connectivity index (χ4v) is 4.72. The molecule has 2 aliphatic rings. The normalized spacial score (nSPS) is 18.5. The summed E-state index contributed by atoms with van der Waals surface area (Å²) in [7, 11) is 0. The third-order valence-electron chi connectivity index (χ3n) is 6.70. The lowest BCUT2D eigenvalue weighted by molar-refractivity contribution is -0.113. The number of hydrogen-bond donors (Lipinski definition) is 1. The van der Waals surface area contributed by atoms with E-state index in [1.807, 2.05) is 18.2 Å². The highest BCUT2D eigenvalue weighted by Crippen LogP contribution is 2.26. The molecule has 0 saturated carbocycles. The van der Waals surface area contributed by atoms with Crippen LogP contribution in [0.4, 0.5) is 0 Å². The standard InChI is InChI=1S/C27H31N5O/c1-19(2)32-13-11-31(12-14-32)18-20-3-4-24-22(15-20)16-26(30-24)23-17-25(29-10-7-27(23)33)21-5-8-28-9-6-21/h3-6,8-9,15-17,19,30H,7,10-14,18H2,1-2H3. The average Bonchev–Trinajstić information content (AvgIpc) is 3.14. The second kappa shape index (κ2) is 9.41. The number of fused-ring (bicyclic) bond motifs is 1. The number of rotatable bonds is 5. The lowest BCUT2D eigenvalue weighted by Crippen LogP contribution is -2.48. The Balaban J connectivity index is 1.37. The Bertz CT molecular complexity index is 1200. The number of carbonyl (C=O) groups excluding carboxylic acids is 1. The van der Waals surface area contributed by atoms with Crippen LogP contribution >= 0.6 is 0 Å². The number of Topliss-reactive ketones (excluding diaryl/α,β-unsaturated/α-hetero) is 1. The van der Waals surface area contributed by atoms with Gasteiger partial charge in [-0.15, -0.1) is 0 Å². The molecular formula is C27H31N5O. The fraction of sp³-hybridized carbons (Fsp3) is 0.370. The summed E-state index contributed by atoms with van der Waals surface area (Å²) in [5.41, 5.74) is 5.74. The number of allylic oxidation sites excluding steroid dienone is 2. The van der Waals surface area contributed by atoms with E-state index in [4.69, 9.17) is 0 Å². The van der Waals surface area contributed by atoms with E-state index in [0.29, 0.717) is 24.6 Å². The number of carbonyl (C=O) groups is 1. The summed E-state index contributed by atoms with van der Waals surface area (Å²) in [6.45, 7) is 10.5. The van der Waals surface area contributed by atoms with Gasteiger partial charge in [0, 0.05) is 86.2 Å². The number of aliphatic imine (C=N–C) groups is 1. The number of hydrogen-bond acceptors (Lipinski definition) is 5. The molecule has 2 aliphatic heterocycles. The number of pyridine rings is 1. The van der Waals surface area contributed by atoms with Crippen molar-refractivity contribution in [1.82, 2.24) is 19.8 Å². The lowest BCUT2D eigenvalue weighted by Gasteiger charge is -2.36. The molecule has 2 aromatic heterocycles. The second-order valence-electron chi connectivity index (χ2n) is 9.24. The molecule has 3 aromatic rings. The number of aromatic amines is 1. The van der Waals surface area contributed by atoms with Crippen LogP contribution < -0.4 is 0 Å². The Morgan fingerprint density at radius 1 is 1.03 bits per heavy atom. The Hall–Kier alpha value is -3.09. The monoisotopic (exact) mass is 441 g/mol. The molecule has 0 aliphatic carbocycles. The van der Waals surface area contributed by atoms with Gasteiger partial charge in [0.1, 0.15) is 0 Å². The zero-order valence-electron chi connectivity index (χ0n) is 19.4. The van der Waals surface area contributed by atoms with Gasteiger partial charge < -0.3 is 4.98 Å². The molecule has 1 fully saturated rings. The SMILES string of the molecule is CC(C)N1CCN(Cc2ccc3[nH]c(C4=CC(c5ccncc5)=NCCC4=O)cc3c2)CC1. The van der Waals surface area contributed by atoms with Crippen LogP contribution in [0.25, 0.3) is 16.5 Å². The first kappa shape index (κ1) is 21.7. The number of ketones is 1. The van der Waals surface area contributed by atoms with Gasteiger partial charge in [-0.3, -0.25) is 24.6 Å². The van der Waals surface area contributed by atoms with Crippen LogP contribution in [0.3, 0.4) is 0 Å². The average molecular weight is 442 g/mol. The van der Waals surface area contributed by atoms with Crippen molar-refractivity contribution in [3.8, 4) is 0 Å². The molecule has 6 heteroatoms. The van der Waals surface area contributed by atoms with Crippen LogP contribution in [0, 0.1) is 0 Å². The Labute approximate surface area is 195 Å². The summed E-state index contributed by atoms with van der Waals surface area (Å²) in [6, 6.07) is 13.2. The number of nitrogens with one attached hydrogen (secondary N) is 1. The van der Waals surface area contributed by atoms with Crippen molar-refractivity contribution in [1.29, 1.82) is 0 Å². The molecule has 4 heterocycles. The molecule has 0 atom stereocenters. The highest BCUT2D eigenvalue weighted by atomic mass is 16.1. The molecule has 33 heavy (non-hydrogen) atoms. The van der Waals surface area contributed by atoms with Crippen LogP contribution in [-0.4, -0.2) is 70.0 Å². The van der Waals surface area contributed by atoms with Gasteiger partial charge in [0.25, 0.3) is 0 Å². The first-order valence-corrected chi connectivity index (χ1v) is 11.8. The van der Waals surface area contributed by atoms with Gasteiger partial charge in [0.15, 0.2) is 5.78 Å². The van der Waals surface area contributed by atoms with E-state index in [-0.39, 0.29) is 5.78 Å². The molecule has 0 spiro atoms. The van der Waals surface area contributed by atoms with Gasteiger partial charge >= 0.3 is 0 Å². The van der Waals surface area contributed by atoms with E-state index in [2.05, 4.69) is 62.9 Å². The summed E-state index contributed by atoms with van der Waals surface area (Å²) >= 11 is 0. The number of benzene rings is 1. The van der Waals surface area contributed by atoms with E-state index in [1.54, 1.807) is 12.4 Å². The van der Waals surface area contributed by atoms with Crippen LogP contribution in [0.15, 0.2) is 59.9 Å². The number of aromatic nitrogens is 2. The molecule has 0 bridgehead atoms. The topological polar surface area (TPSA) is 64.6 Å². The second-order valence-corrected chi connectivity index (χ2v) is 9.24. The summed E-state index contributed by atoms with van der Waals surface area (Å²) in [5.74, 6) is 0.123. The van der Waals surface area contributed by atoms with Crippen LogP contribution in [0.5, 0.6) is 0 Å². The van der Waals surface area contributed by atoms with Crippen molar-refractivity contribution in [3.05, 3.63) is 71.7 Å². The quantitative estimate of drug-likeness (QED) is 0.652.